The maximum absolute atomic E-state index is 10.8. The third kappa shape index (κ3) is 4.20. The summed E-state index contributed by atoms with van der Waals surface area (Å²) >= 11 is 0. The first-order chi connectivity index (χ1) is 8.19. The molecule has 0 bridgehead atoms. The van der Waals surface area contributed by atoms with E-state index >= 15 is 0 Å². The van der Waals surface area contributed by atoms with Crippen molar-refractivity contribution in [3.8, 4) is 0 Å². The Morgan fingerprint density at radius 2 is 2.35 bits per heavy atom. The third-order valence-corrected chi connectivity index (χ3v) is 2.81. The zero-order valence-corrected chi connectivity index (χ0v) is 9.98. The van der Waals surface area contributed by atoms with Crippen molar-refractivity contribution in [3.63, 3.8) is 0 Å². The molecule has 3 N–H and O–H groups in total. The molecule has 1 atom stereocenters. The van der Waals surface area contributed by atoms with E-state index in [1.54, 1.807) is 0 Å². The number of aliphatic hydroxyl groups excluding tert-OH is 1. The molecule has 5 nitrogen and oxygen atoms in total. The molecule has 1 heterocycles. The van der Waals surface area contributed by atoms with Crippen LogP contribution >= 0.6 is 0 Å². The van der Waals surface area contributed by atoms with Crippen LogP contribution < -0.4 is 5.32 Å². The highest BCUT2D eigenvalue weighted by Gasteiger charge is 2.13. The minimum Gasteiger partial charge on any atom is -0.478 e. The van der Waals surface area contributed by atoms with Crippen LogP contribution in [0.15, 0.2) is 16.7 Å². The van der Waals surface area contributed by atoms with Crippen molar-refractivity contribution in [1.29, 1.82) is 0 Å². The number of furan rings is 1. The van der Waals surface area contributed by atoms with E-state index in [9.17, 15) is 4.79 Å². The van der Waals surface area contributed by atoms with Gasteiger partial charge in [-0.15, -0.1) is 0 Å². The second kappa shape index (κ2) is 7.09. The Labute approximate surface area is 100 Å². The first-order valence-corrected chi connectivity index (χ1v) is 5.80. The van der Waals surface area contributed by atoms with Crippen LogP contribution in [0.4, 0.5) is 0 Å². The van der Waals surface area contributed by atoms with E-state index in [1.807, 2.05) is 0 Å². The minimum absolute atomic E-state index is 0.182. The van der Waals surface area contributed by atoms with Gasteiger partial charge in [0.15, 0.2) is 0 Å². The maximum Gasteiger partial charge on any atom is 0.339 e. The Morgan fingerprint density at radius 1 is 1.59 bits per heavy atom. The van der Waals surface area contributed by atoms with Crippen molar-refractivity contribution in [1.82, 2.24) is 5.32 Å². The molecule has 0 spiro atoms. The van der Waals surface area contributed by atoms with Gasteiger partial charge in [0.1, 0.15) is 11.3 Å². The SMILES string of the molecule is CCC(CCO)CNCc1occc1C(=O)O. The second-order valence-electron chi connectivity index (χ2n) is 3.98. The van der Waals surface area contributed by atoms with E-state index in [2.05, 4.69) is 12.2 Å². The van der Waals surface area contributed by atoms with Gasteiger partial charge in [-0.3, -0.25) is 0 Å². The zero-order chi connectivity index (χ0) is 12.7. The van der Waals surface area contributed by atoms with Gasteiger partial charge in [0.25, 0.3) is 0 Å². The van der Waals surface area contributed by atoms with Crippen LogP contribution in [0.2, 0.25) is 0 Å². The number of hydrogen-bond acceptors (Lipinski definition) is 4. The van der Waals surface area contributed by atoms with Crippen LogP contribution in [0.1, 0.15) is 35.9 Å². The van der Waals surface area contributed by atoms with E-state index in [1.165, 1.54) is 12.3 Å². The molecule has 96 valence electrons. The molecule has 17 heavy (non-hydrogen) atoms. The molecule has 0 fully saturated rings. The summed E-state index contributed by atoms with van der Waals surface area (Å²) in [6, 6.07) is 1.45. The molecule has 0 saturated heterocycles. The summed E-state index contributed by atoms with van der Waals surface area (Å²) in [6.45, 7) is 3.40. The molecule has 0 amide bonds. The van der Waals surface area contributed by atoms with Crippen molar-refractivity contribution in [2.75, 3.05) is 13.2 Å². The largest absolute Gasteiger partial charge is 0.478 e. The number of hydrogen-bond donors (Lipinski definition) is 3. The Kier molecular flexibility index (Phi) is 5.72. The summed E-state index contributed by atoms with van der Waals surface area (Å²) in [5.41, 5.74) is 0.202. The monoisotopic (exact) mass is 241 g/mol. The smallest absolute Gasteiger partial charge is 0.339 e. The molecule has 1 rings (SSSR count). The third-order valence-electron chi connectivity index (χ3n) is 2.81. The highest BCUT2D eigenvalue weighted by Crippen LogP contribution is 2.11. The van der Waals surface area contributed by atoms with E-state index in [4.69, 9.17) is 14.6 Å². The van der Waals surface area contributed by atoms with Gasteiger partial charge in [-0.25, -0.2) is 4.79 Å². The van der Waals surface area contributed by atoms with Gasteiger partial charge in [-0.1, -0.05) is 13.3 Å². The summed E-state index contributed by atoms with van der Waals surface area (Å²) in [6.07, 6.45) is 3.12. The van der Waals surface area contributed by atoms with E-state index in [0.29, 0.717) is 18.2 Å². The summed E-state index contributed by atoms with van der Waals surface area (Å²) in [5.74, 6) is -0.127. The molecular weight excluding hydrogens is 222 g/mol. The van der Waals surface area contributed by atoms with E-state index in [-0.39, 0.29) is 12.2 Å². The van der Waals surface area contributed by atoms with E-state index < -0.39 is 5.97 Å². The molecule has 0 radical (unpaired) electrons. The second-order valence-corrected chi connectivity index (χ2v) is 3.98. The molecule has 0 aliphatic heterocycles. The lowest BCUT2D eigenvalue weighted by atomic mass is 10.0. The fraction of sp³-hybridized carbons (Fsp3) is 0.583. The van der Waals surface area contributed by atoms with Crippen LogP contribution in [0.5, 0.6) is 0 Å². The normalized spacial score (nSPS) is 12.6. The number of nitrogens with one attached hydrogen (secondary N) is 1. The fourth-order valence-electron chi connectivity index (χ4n) is 1.69. The number of carboxylic acid groups (broad SMARTS) is 1. The molecule has 0 aliphatic carbocycles. The maximum atomic E-state index is 10.8. The summed E-state index contributed by atoms with van der Waals surface area (Å²) in [5, 5.41) is 20.9. The van der Waals surface area contributed by atoms with Crippen LogP contribution in [-0.2, 0) is 6.54 Å². The summed E-state index contributed by atoms with van der Waals surface area (Å²) in [4.78, 5) is 10.8. The zero-order valence-electron chi connectivity index (χ0n) is 9.98. The van der Waals surface area contributed by atoms with Gasteiger partial charge in [0.2, 0.25) is 0 Å². The van der Waals surface area contributed by atoms with E-state index in [0.717, 1.165) is 19.4 Å². The quantitative estimate of drug-likeness (QED) is 0.642. The number of carbonyl (C=O) groups is 1. The van der Waals surface area contributed by atoms with Crippen molar-refractivity contribution >= 4 is 5.97 Å². The number of aliphatic hydroxyl groups is 1. The molecule has 5 heteroatoms. The van der Waals surface area contributed by atoms with Crippen LogP contribution in [0, 0.1) is 5.92 Å². The first-order valence-electron chi connectivity index (χ1n) is 5.80. The highest BCUT2D eigenvalue weighted by atomic mass is 16.4. The molecule has 1 unspecified atom stereocenters. The van der Waals surface area contributed by atoms with Crippen molar-refractivity contribution in [2.24, 2.45) is 5.92 Å². The fourth-order valence-corrected chi connectivity index (χ4v) is 1.69. The highest BCUT2D eigenvalue weighted by molar-refractivity contribution is 5.88. The minimum atomic E-state index is -0.974. The average Bonchev–Trinajstić information content (AvgIpc) is 2.76. The van der Waals surface area contributed by atoms with Crippen LogP contribution in [0.25, 0.3) is 0 Å². The van der Waals surface area contributed by atoms with Gasteiger partial charge in [0.05, 0.1) is 12.8 Å². The lowest BCUT2D eigenvalue weighted by Gasteiger charge is -2.13. The lowest BCUT2D eigenvalue weighted by Crippen LogP contribution is -2.23. The summed E-state index contributed by atoms with van der Waals surface area (Å²) in [7, 11) is 0. The van der Waals surface area contributed by atoms with Crippen LogP contribution in [0.3, 0.4) is 0 Å². The Balaban J connectivity index is 2.39. The predicted octanol–water partition coefficient (Wildman–Crippen LogP) is 1.48. The van der Waals surface area contributed by atoms with Crippen molar-refractivity contribution < 1.29 is 19.4 Å². The van der Waals surface area contributed by atoms with Crippen molar-refractivity contribution in [2.45, 2.75) is 26.3 Å². The number of aromatic carboxylic acids is 1. The van der Waals surface area contributed by atoms with Crippen LogP contribution in [-0.4, -0.2) is 29.3 Å². The number of rotatable bonds is 8. The first kappa shape index (κ1) is 13.7. The number of carboxylic acids is 1. The molecule has 1 aromatic rings. The van der Waals surface area contributed by atoms with Gasteiger partial charge >= 0.3 is 5.97 Å². The lowest BCUT2D eigenvalue weighted by molar-refractivity contribution is 0.0694. The Hall–Kier alpha value is -1.33. The summed E-state index contributed by atoms with van der Waals surface area (Å²) < 4.78 is 5.11. The van der Waals surface area contributed by atoms with Gasteiger partial charge < -0.3 is 19.9 Å². The van der Waals surface area contributed by atoms with Crippen molar-refractivity contribution in [3.05, 3.63) is 23.7 Å². The average molecular weight is 241 g/mol. The Morgan fingerprint density at radius 3 is 2.94 bits per heavy atom. The molecule has 0 saturated carbocycles. The van der Waals surface area contributed by atoms with Gasteiger partial charge in [-0.05, 0) is 24.9 Å². The molecule has 0 aromatic carbocycles. The standard InChI is InChI=1S/C12H19NO4/c1-2-9(3-5-14)7-13-8-11-10(12(15)16)4-6-17-11/h4,6,9,13-14H,2-3,5,7-8H2,1H3,(H,15,16). The van der Waals surface area contributed by atoms with Gasteiger partial charge in [-0.2, -0.15) is 0 Å². The Bertz CT molecular complexity index is 348. The molecule has 0 aliphatic rings. The molecular formula is C12H19NO4. The predicted molar refractivity (Wildman–Crippen MR) is 62.9 cm³/mol. The topological polar surface area (TPSA) is 82.7 Å². The molecule has 1 aromatic heterocycles. The van der Waals surface area contributed by atoms with Gasteiger partial charge in [0, 0.05) is 6.61 Å².